The van der Waals surface area contributed by atoms with E-state index in [4.69, 9.17) is 4.74 Å². The monoisotopic (exact) mass is 314 g/mol. The molecule has 3 aromatic heterocycles. The van der Waals surface area contributed by atoms with Crippen molar-refractivity contribution in [3.8, 4) is 11.6 Å². The standard InChI is InChI=1S/C15H14N4O2S/c1-21-12-6-13(22-9-12)15(20)18-8-11-2-3-14(17-7-11)19-5-4-16-10-19/h2-7,9-10H,8H2,1H3,(H,18,20). The summed E-state index contributed by atoms with van der Waals surface area (Å²) in [6.07, 6.45) is 6.96. The van der Waals surface area contributed by atoms with Gasteiger partial charge in [-0.15, -0.1) is 11.3 Å². The molecule has 6 nitrogen and oxygen atoms in total. The summed E-state index contributed by atoms with van der Waals surface area (Å²) >= 11 is 1.36. The van der Waals surface area contributed by atoms with Crippen molar-refractivity contribution >= 4 is 17.2 Å². The summed E-state index contributed by atoms with van der Waals surface area (Å²) in [6.45, 7) is 0.427. The van der Waals surface area contributed by atoms with Gasteiger partial charge in [0.2, 0.25) is 0 Å². The van der Waals surface area contributed by atoms with Crippen molar-refractivity contribution in [2.45, 2.75) is 6.54 Å². The zero-order valence-corrected chi connectivity index (χ0v) is 12.7. The molecule has 0 unspecified atom stereocenters. The molecule has 3 heterocycles. The molecule has 0 saturated carbocycles. The van der Waals surface area contributed by atoms with Crippen LogP contribution in [0.3, 0.4) is 0 Å². The van der Waals surface area contributed by atoms with E-state index in [0.29, 0.717) is 17.2 Å². The number of aromatic nitrogens is 3. The van der Waals surface area contributed by atoms with Crippen LogP contribution in [0.4, 0.5) is 0 Å². The van der Waals surface area contributed by atoms with Crippen LogP contribution < -0.4 is 10.1 Å². The summed E-state index contributed by atoms with van der Waals surface area (Å²) in [5.41, 5.74) is 0.931. The largest absolute Gasteiger partial charge is 0.496 e. The average molecular weight is 314 g/mol. The van der Waals surface area contributed by atoms with Crippen molar-refractivity contribution in [2.75, 3.05) is 7.11 Å². The molecule has 0 atom stereocenters. The number of nitrogens with zero attached hydrogens (tertiary/aromatic N) is 3. The van der Waals surface area contributed by atoms with Gasteiger partial charge in [0, 0.05) is 36.6 Å². The quantitative estimate of drug-likeness (QED) is 0.784. The first-order valence-electron chi connectivity index (χ1n) is 6.60. The third-order valence-corrected chi connectivity index (χ3v) is 3.97. The number of hydrogen-bond acceptors (Lipinski definition) is 5. The van der Waals surface area contributed by atoms with Crippen LogP contribution in [0, 0.1) is 0 Å². The Labute approximate surface area is 131 Å². The van der Waals surface area contributed by atoms with Gasteiger partial charge in [0.25, 0.3) is 5.91 Å². The van der Waals surface area contributed by atoms with E-state index in [0.717, 1.165) is 11.4 Å². The number of pyridine rings is 1. The molecule has 112 valence electrons. The topological polar surface area (TPSA) is 69.0 Å². The van der Waals surface area contributed by atoms with Gasteiger partial charge in [0.05, 0.1) is 12.0 Å². The van der Waals surface area contributed by atoms with Crippen molar-refractivity contribution in [1.29, 1.82) is 0 Å². The Morgan fingerprint density at radius 3 is 3.00 bits per heavy atom. The fourth-order valence-electron chi connectivity index (χ4n) is 1.88. The molecule has 0 radical (unpaired) electrons. The zero-order valence-electron chi connectivity index (χ0n) is 11.9. The number of carbonyl (C=O) groups excluding carboxylic acids is 1. The lowest BCUT2D eigenvalue weighted by Crippen LogP contribution is -2.21. The second-order valence-corrected chi connectivity index (χ2v) is 5.44. The maximum atomic E-state index is 12.0. The van der Waals surface area contributed by atoms with Crippen LogP contribution in [-0.4, -0.2) is 27.6 Å². The molecule has 0 aromatic carbocycles. The van der Waals surface area contributed by atoms with E-state index in [9.17, 15) is 4.79 Å². The maximum absolute atomic E-state index is 12.0. The average Bonchev–Trinajstić information content (AvgIpc) is 3.24. The van der Waals surface area contributed by atoms with Gasteiger partial charge in [0.1, 0.15) is 17.9 Å². The Bertz CT molecular complexity index is 750. The fourth-order valence-corrected chi connectivity index (χ4v) is 2.65. The number of imidazole rings is 1. The number of carbonyl (C=O) groups is 1. The summed E-state index contributed by atoms with van der Waals surface area (Å²) in [6, 6.07) is 5.54. The molecule has 3 aromatic rings. The third-order valence-electron chi connectivity index (χ3n) is 3.07. The number of thiophene rings is 1. The Kier molecular flexibility index (Phi) is 4.15. The van der Waals surface area contributed by atoms with Gasteiger partial charge >= 0.3 is 0 Å². The number of nitrogens with one attached hydrogen (secondary N) is 1. The summed E-state index contributed by atoms with van der Waals surface area (Å²) in [5.74, 6) is 1.36. The number of hydrogen-bond donors (Lipinski definition) is 1. The molecule has 0 saturated heterocycles. The molecule has 0 spiro atoms. The molecule has 0 aliphatic carbocycles. The molecule has 1 N–H and O–H groups in total. The van der Waals surface area contributed by atoms with Crippen LogP contribution >= 0.6 is 11.3 Å². The second kappa shape index (κ2) is 6.40. The van der Waals surface area contributed by atoms with Crippen molar-refractivity contribution in [3.05, 3.63) is 58.9 Å². The maximum Gasteiger partial charge on any atom is 0.261 e. The summed E-state index contributed by atoms with van der Waals surface area (Å²) in [4.78, 5) is 21.0. The van der Waals surface area contributed by atoms with Crippen molar-refractivity contribution in [1.82, 2.24) is 19.9 Å². The highest BCUT2D eigenvalue weighted by molar-refractivity contribution is 7.12. The van der Waals surface area contributed by atoms with Crippen LogP contribution in [0.2, 0.25) is 0 Å². The smallest absolute Gasteiger partial charge is 0.261 e. The third kappa shape index (κ3) is 3.15. The lowest BCUT2D eigenvalue weighted by Gasteiger charge is -2.05. The fraction of sp³-hybridized carbons (Fsp3) is 0.133. The van der Waals surface area contributed by atoms with Crippen molar-refractivity contribution in [3.63, 3.8) is 0 Å². The number of ether oxygens (including phenoxy) is 1. The predicted molar refractivity (Wildman–Crippen MR) is 83.4 cm³/mol. The molecular weight excluding hydrogens is 300 g/mol. The Morgan fingerprint density at radius 2 is 2.36 bits per heavy atom. The van der Waals surface area contributed by atoms with Crippen LogP contribution in [0.5, 0.6) is 5.75 Å². The number of methoxy groups -OCH3 is 1. The van der Waals surface area contributed by atoms with Gasteiger partial charge in [-0.1, -0.05) is 6.07 Å². The molecule has 0 fully saturated rings. The molecule has 0 aliphatic rings. The van der Waals surface area contributed by atoms with Crippen LogP contribution in [-0.2, 0) is 6.54 Å². The summed E-state index contributed by atoms with van der Waals surface area (Å²) in [7, 11) is 1.58. The molecular formula is C15H14N4O2S. The second-order valence-electron chi connectivity index (χ2n) is 4.53. The van der Waals surface area contributed by atoms with Crippen LogP contribution in [0.1, 0.15) is 15.2 Å². The minimum atomic E-state index is -0.119. The minimum Gasteiger partial charge on any atom is -0.496 e. The first-order chi connectivity index (χ1) is 10.8. The van der Waals surface area contributed by atoms with Gasteiger partial charge in [-0.3, -0.25) is 9.36 Å². The first-order valence-corrected chi connectivity index (χ1v) is 7.48. The SMILES string of the molecule is COc1csc(C(=O)NCc2ccc(-n3ccnc3)nc2)c1. The molecule has 7 heteroatoms. The highest BCUT2D eigenvalue weighted by Gasteiger charge is 2.09. The normalized spacial score (nSPS) is 10.4. The van der Waals surface area contributed by atoms with E-state index in [2.05, 4.69) is 15.3 Å². The summed E-state index contributed by atoms with van der Waals surface area (Å²) in [5, 5.41) is 4.67. The molecule has 0 bridgehead atoms. The van der Waals surface area contributed by atoms with Crippen molar-refractivity contribution in [2.24, 2.45) is 0 Å². The number of rotatable bonds is 5. The highest BCUT2D eigenvalue weighted by atomic mass is 32.1. The van der Waals surface area contributed by atoms with E-state index >= 15 is 0 Å². The van der Waals surface area contributed by atoms with Gasteiger partial charge in [0.15, 0.2) is 0 Å². The first kappa shape index (κ1) is 14.3. The van der Waals surface area contributed by atoms with E-state index in [1.807, 2.05) is 22.9 Å². The molecule has 22 heavy (non-hydrogen) atoms. The van der Waals surface area contributed by atoms with Crippen molar-refractivity contribution < 1.29 is 9.53 Å². The van der Waals surface area contributed by atoms with Gasteiger partial charge in [-0.2, -0.15) is 0 Å². The number of amides is 1. The molecule has 0 aliphatic heterocycles. The highest BCUT2D eigenvalue weighted by Crippen LogP contribution is 2.20. The van der Waals surface area contributed by atoms with E-state index in [1.54, 1.807) is 37.3 Å². The molecule has 1 amide bonds. The van der Waals surface area contributed by atoms with Crippen LogP contribution in [0.25, 0.3) is 5.82 Å². The van der Waals surface area contributed by atoms with E-state index in [1.165, 1.54) is 11.3 Å². The Morgan fingerprint density at radius 1 is 1.45 bits per heavy atom. The van der Waals surface area contributed by atoms with Crippen LogP contribution in [0.15, 0.2) is 48.5 Å². The van der Waals surface area contributed by atoms with E-state index in [-0.39, 0.29) is 5.91 Å². The summed E-state index contributed by atoms with van der Waals surface area (Å²) < 4.78 is 6.89. The predicted octanol–water partition coefficient (Wildman–Crippen LogP) is 2.27. The molecule has 3 rings (SSSR count). The van der Waals surface area contributed by atoms with E-state index < -0.39 is 0 Å². The van der Waals surface area contributed by atoms with Gasteiger partial charge in [-0.25, -0.2) is 9.97 Å². The lowest BCUT2D eigenvalue weighted by molar-refractivity contribution is 0.0954. The van der Waals surface area contributed by atoms with Gasteiger partial charge in [-0.05, 0) is 11.6 Å². The van der Waals surface area contributed by atoms with Gasteiger partial charge < -0.3 is 10.1 Å². The zero-order chi connectivity index (χ0) is 15.4. The Balaban J connectivity index is 1.60. The Hall–Kier alpha value is -2.67. The minimum absolute atomic E-state index is 0.119. The lowest BCUT2D eigenvalue weighted by atomic mass is 10.2.